The fourth-order valence-corrected chi connectivity index (χ4v) is 4.11. The van der Waals surface area contributed by atoms with Gasteiger partial charge in [0, 0.05) is 12.6 Å². The van der Waals surface area contributed by atoms with Gasteiger partial charge in [0.2, 0.25) is 0 Å². The number of carbonyl (C=O) groups is 1. The van der Waals surface area contributed by atoms with E-state index in [2.05, 4.69) is 36.1 Å². The van der Waals surface area contributed by atoms with Crippen molar-refractivity contribution in [2.45, 2.75) is 64.1 Å². The van der Waals surface area contributed by atoms with E-state index in [0.29, 0.717) is 12.0 Å². The molecule has 1 aromatic rings. The van der Waals surface area contributed by atoms with E-state index in [4.69, 9.17) is 0 Å². The van der Waals surface area contributed by atoms with Gasteiger partial charge in [0.15, 0.2) is 0 Å². The first-order chi connectivity index (χ1) is 10.2. The van der Waals surface area contributed by atoms with Gasteiger partial charge in [-0.2, -0.15) is 0 Å². The highest BCUT2D eigenvalue weighted by molar-refractivity contribution is 5.74. The van der Waals surface area contributed by atoms with Crippen LogP contribution in [0.5, 0.6) is 0 Å². The first-order valence-electron chi connectivity index (χ1n) is 8.25. The molecule has 1 aliphatic carbocycles. The molecular formula is C18H25NO2. The normalized spacial score (nSPS) is 29.3. The Balaban J connectivity index is 1.77. The number of aryl methyl sites for hydroxylation is 1. The van der Waals surface area contributed by atoms with Gasteiger partial charge in [0.25, 0.3) is 0 Å². The van der Waals surface area contributed by atoms with Crippen LogP contribution in [0.3, 0.4) is 0 Å². The van der Waals surface area contributed by atoms with Crippen molar-refractivity contribution in [3.05, 3.63) is 35.4 Å². The molecule has 1 N–H and O–H groups in total. The molecule has 2 aliphatic rings. The smallest absolute Gasteiger partial charge is 0.320 e. The number of benzene rings is 1. The minimum atomic E-state index is -0.644. The van der Waals surface area contributed by atoms with Gasteiger partial charge in [-0.3, -0.25) is 9.69 Å². The molecule has 1 aromatic carbocycles. The second-order valence-corrected chi connectivity index (χ2v) is 6.54. The number of fused-ring (bicyclic) bond motifs is 1. The summed E-state index contributed by atoms with van der Waals surface area (Å²) in [5, 5.41) is 9.55. The third kappa shape index (κ3) is 2.98. The van der Waals surface area contributed by atoms with Crippen molar-refractivity contribution in [2.24, 2.45) is 5.92 Å². The highest BCUT2D eigenvalue weighted by Gasteiger charge is 2.44. The summed E-state index contributed by atoms with van der Waals surface area (Å²) in [6.07, 6.45) is 6.78. The van der Waals surface area contributed by atoms with Crippen molar-refractivity contribution in [3.63, 3.8) is 0 Å². The summed E-state index contributed by atoms with van der Waals surface area (Å²) >= 11 is 0. The van der Waals surface area contributed by atoms with Crippen LogP contribution in [-0.4, -0.2) is 28.1 Å². The van der Waals surface area contributed by atoms with Crippen molar-refractivity contribution >= 4 is 5.97 Å². The van der Waals surface area contributed by atoms with Crippen molar-refractivity contribution in [1.29, 1.82) is 0 Å². The van der Waals surface area contributed by atoms with E-state index in [1.807, 2.05) is 0 Å². The molecule has 2 fully saturated rings. The number of carboxylic acid groups (broad SMARTS) is 1. The van der Waals surface area contributed by atoms with E-state index >= 15 is 0 Å². The van der Waals surface area contributed by atoms with Gasteiger partial charge in [0.1, 0.15) is 6.04 Å². The Hall–Kier alpha value is -1.35. The van der Waals surface area contributed by atoms with Gasteiger partial charge in [-0.15, -0.1) is 0 Å². The predicted molar refractivity (Wildman–Crippen MR) is 83.1 cm³/mol. The van der Waals surface area contributed by atoms with Crippen molar-refractivity contribution in [3.8, 4) is 0 Å². The SMILES string of the molecule is CCc1ccc(CN2C(C(=O)O)CC3CCCCC32)cc1. The maximum absolute atomic E-state index is 11.6. The molecule has 0 bridgehead atoms. The highest BCUT2D eigenvalue weighted by Crippen LogP contribution is 2.40. The molecular weight excluding hydrogens is 262 g/mol. The van der Waals surface area contributed by atoms with Crippen LogP contribution in [0.15, 0.2) is 24.3 Å². The van der Waals surface area contributed by atoms with Crippen LogP contribution in [0.4, 0.5) is 0 Å². The first-order valence-corrected chi connectivity index (χ1v) is 8.25. The maximum atomic E-state index is 11.6. The number of likely N-dealkylation sites (tertiary alicyclic amines) is 1. The number of rotatable bonds is 4. The van der Waals surface area contributed by atoms with E-state index < -0.39 is 5.97 Å². The third-order valence-electron chi connectivity index (χ3n) is 5.30. The average molecular weight is 287 g/mol. The van der Waals surface area contributed by atoms with E-state index in [0.717, 1.165) is 19.4 Å². The van der Waals surface area contributed by atoms with Gasteiger partial charge in [0.05, 0.1) is 0 Å². The molecule has 21 heavy (non-hydrogen) atoms. The molecule has 1 aliphatic heterocycles. The molecule has 1 saturated heterocycles. The Morgan fingerprint density at radius 2 is 1.86 bits per heavy atom. The maximum Gasteiger partial charge on any atom is 0.320 e. The van der Waals surface area contributed by atoms with Gasteiger partial charge in [-0.25, -0.2) is 0 Å². The minimum Gasteiger partial charge on any atom is -0.480 e. The standard InChI is InChI=1S/C18H25NO2/c1-2-13-7-9-14(10-8-13)12-19-16-6-4-3-5-15(16)11-17(19)18(20)21/h7-10,15-17H,2-6,11-12H2,1H3,(H,20,21). The Kier molecular flexibility index (Phi) is 4.29. The Labute approximate surface area is 127 Å². The summed E-state index contributed by atoms with van der Waals surface area (Å²) in [6, 6.07) is 8.84. The number of carboxylic acids is 1. The lowest BCUT2D eigenvalue weighted by Crippen LogP contribution is -2.41. The van der Waals surface area contributed by atoms with E-state index in [-0.39, 0.29) is 6.04 Å². The van der Waals surface area contributed by atoms with Crippen LogP contribution in [0.1, 0.15) is 50.2 Å². The largest absolute Gasteiger partial charge is 0.480 e. The number of hydrogen-bond acceptors (Lipinski definition) is 2. The Bertz CT molecular complexity index is 496. The summed E-state index contributed by atoms with van der Waals surface area (Å²) in [5.74, 6) is -0.0515. The lowest BCUT2D eigenvalue weighted by atomic mass is 9.84. The van der Waals surface area contributed by atoms with Crippen molar-refractivity contribution < 1.29 is 9.90 Å². The fraction of sp³-hybridized carbons (Fsp3) is 0.611. The second kappa shape index (κ2) is 6.18. The summed E-state index contributed by atoms with van der Waals surface area (Å²) in [5.41, 5.74) is 2.58. The Morgan fingerprint density at radius 1 is 1.19 bits per heavy atom. The van der Waals surface area contributed by atoms with Crippen LogP contribution in [0, 0.1) is 5.92 Å². The Morgan fingerprint density at radius 3 is 2.52 bits per heavy atom. The first kappa shape index (κ1) is 14.6. The van der Waals surface area contributed by atoms with Gasteiger partial charge in [-0.1, -0.05) is 44.0 Å². The zero-order valence-electron chi connectivity index (χ0n) is 12.8. The number of aliphatic carboxylic acids is 1. The average Bonchev–Trinajstić information content (AvgIpc) is 2.87. The van der Waals surface area contributed by atoms with Gasteiger partial charge in [-0.05, 0) is 42.7 Å². The molecule has 3 heteroatoms. The molecule has 3 nitrogen and oxygen atoms in total. The quantitative estimate of drug-likeness (QED) is 0.922. The van der Waals surface area contributed by atoms with Crippen LogP contribution in [0.25, 0.3) is 0 Å². The summed E-state index contributed by atoms with van der Waals surface area (Å²) in [4.78, 5) is 13.9. The molecule has 3 atom stereocenters. The molecule has 1 saturated carbocycles. The predicted octanol–water partition coefficient (Wildman–Crippen LogP) is 3.47. The fourth-order valence-electron chi connectivity index (χ4n) is 4.11. The molecule has 114 valence electrons. The van der Waals surface area contributed by atoms with E-state index in [1.165, 1.54) is 36.8 Å². The lowest BCUT2D eigenvalue weighted by Gasteiger charge is -2.33. The lowest BCUT2D eigenvalue weighted by molar-refractivity contribution is -0.142. The topological polar surface area (TPSA) is 40.5 Å². The number of hydrogen-bond donors (Lipinski definition) is 1. The van der Waals surface area contributed by atoms with Crippen molar-refractivity contribution in [1.82, 2.24) is 4.90 Å². The summed E-state index contributed by atoms with van der Waals surface area (Å²) in [7, 11) is 0. The summed E-state index contributed by atoms with van der Waals surface area (Å²) < 4.78 is 0. The molecule has 0 amide bonds. The highest BCUT2D eigenvalue weighted by atomic mass is 16.4. The minimum absolute atomic E-state index is 0.288. The van der Waals surface area contributed by atoms with Crippen molar-refractivity contribution in [2.75, 3.05) is 0 Å². The van der Waals surface area contributed by atoms with E-state index in [1.54, 1.807) is 0 Å². The monoisotopic (exact) mass is 287 g/mol. The third-order valence-corrected chi connectivity index (χ3v) is 5.30. The zero-order chi connectivity index (χ0) is 14.8. The molecule has 0 radical (unpaired) electrons. The molecule has 0 aromatic heterocycles. The van der Waals surface area contributed by atoms with Crippen LogP contribution in [-0.2, 0) is 17.8 Å². The zero-order valence-corrected chi connectivity index (χ0v) is 12.8. The molecule has 3 unspecified atom stereocenters. The molecule has 3 rings (SSSR count). The summed E-state index contributed by atoms with van der Waals surface area (Å²) in [6.45, 7) is 2.94. The van der Waals surface area contributed by atoms with Crippen LogP contribution in [0.2, 0.25) is 0 Å². The molecule has 1 heterocycles. The van der Waals surface area contributed by atoms with E-state index in [9.17, 15) is 9.90 Å². The van der Waals surface area contributed by atoms with Crippen LogP contribution < -0.4 is 0 Å². The molecule has 0 spiro atoms. The van der Waals surface area contributed by atoms with Gasteiger partial charge < -0.3 is 5.11 Å². The second-order valence-electron chi connectivity index (χ2n) is 6.54. The number of nitrogens with zero attached hydrogens (tertiary/aromatic N) is 1. The van der Waals surface area contributed by atoms with Crippen LogP contribution >= 0.6 is 0 Å². The van der Waals surface area contributed by atoms with Gasteiger partial charge >= 0.3 is 5.97 Å².